The lowest BCUT2D eigenvalue weighted by Gasteiger charge is -2.28. The number of carboxylic acids is 1. The van der Waals surface area contributed by atoms with Gasteiger partial charge in [0, 0.05) is 12.2 Å². The first-order valence-corrected chi connectivity index (χ1v) is 18.8. The van der Waals surface area contributed by atoms with Crippen molar-refractivity contribution in [2.45, 2.75) is 115 Å². The number of hydrogen-bond acceptors (Lipinski definition) is 11. The molecule has 18 heteroatoms. The van der Waals surface area contributed by atoms with Gasteiger partial charge >= 0.3 is 5.97 Å². The Kier molecular flexibility index (Phi) is 22.1. The maximum absolute atomic E-state index is 13.9. The van der Waals surface area contributed by atoms with Crippen LogP contribution in [0.5, 0.6) is 0 Å². The second kappa shape index (κ2) is 24.9. The number of unbranched alkanes of at least 4 members (excludes halogenated alkanes) is 1. The van der Waals surface area contributed by atoms with E-state index in [1.54, 1.807) is 30.3 Å². The minimum absolute atomic E-state index is 0.0386. The van der Waals surface area contributed by atoms with Crippen molar-refractivity contribution in [3.63, 3.8) is 0 Å². The molecule has 0 aliphatic carbocycles. The second-order valence-corrected chi connectivity index (χ2v) is 14.5. The number of nitrogens with one attached hydrogen (secondary N) is 6. The lowest BCUT2D eigenvalue weighted by atomic mass is 10.00. The van der Waals surface area contributed by atoms with Crippen LogP contribution in [-0.2, 0) is 40.0 Å². The molecule has 0 aliphatic rings. The number of rotatable bonds is 25. The Morgan fingerprint density at radius 3 is 1.78 bits per heavy atom. The molecule has 0 radical (unpaired) electrons. The van der Waals surface area contributed by atoms with E-state index in [2.05, 4.69) is 44.5 Å². The molecule has 7 atom stereocenters. The van der Waals surface area contributed by atoms with E-state index in [1.807, 2.05) is 27.7 Å². The number of benzene rings is 1. The number of amides is 6. The summed E-state index contributed by atoms with van der Waals surface area (Å²) in [6.45, 7) is 8.52. The van der Waals surface area contributed by atoms with Gasteiger partial charge in [0.1, 0.15) is 30.2 Å². The number of thiol groups is 1. The first-order valence-electron chi connectivity index (χ1n) is 18.2. The van der Waals surface area contributed by atoms with Crippen LogP contribution in [0, 0.1) is 11.8 Å². The molecule has 1 aromatic rings. The molecule has 304 valence electrons. The fraction of sp³-hybridized carbons (Fsp3) is 0.639. The number of nitrogens with two attached hydrogens (primary N) is 2. The van der Waals surface area contributed by atoms with Crippen LogP contribution in [0.2, 0.25) is 0 Å². The first kappa shape index (κ1) is 47.8. The molecule has 0 unspecified atom stereocenters. The van der Waals surface area contributed by atoms with Crippen LogP contribution in [0.1, 0.15) is 72.3 Å². The number of aliphatic hydroxyl groups excluding tert-OH is 1. The van der Waals surface area contributed by atoms with Crippen LogP contribution in [0.3, 0.4) is 0 Å². The molecular formula is C36H60N8O9S. The maximum atomic E-state index is 13.9. The van der Waals surface area contributed by atoms with E-state index >= 15 is 0 Å². The molecule has 0 saturated carbocycles. The Balaban J connectivity index is 3.26. The highest BCUT2D eigenvalue weighted by Crippen LogP contribution is 2.11. The van der Waals surface area contributed by atoms with Gasteiger partial charge in [-0.15, -0.1) is 0 Å². The van der Waals surface area contributed by atoms with Gasteiger partial charge in [0.15, 0.2) is 0 Å². The smallest absolute Gasteiger partial charge is 0.327 e. The van der Waals surface area contributed by atoms with Crippen molar-refractivity contribution in [3.8, 4) is 0 Å². The van der Waals surface area contributed by atoms with Crippen LogP contribution in [0.15, 0.2) is 30.3 Å². The van der Waals surface area contributed by atoms with E-state index in [1.165, 1.54) is 6.92 Å². The highest BCUT2D eigenvalue weighted by atomic mass is 32.1. The highest BCUT2D eigenvalue weighted by molar-refractivity contribution is 7.80. The van der Waals surface area contributed by atoms with E-state index < -0.39 is 90.3 Å². The third-order valence-corrected chi connectivity index (χ3v) is 8.56. The number of aliphatic carboxylic acids is 1. The van der Waals surface area contributed by atoms with Crippen molar-refractivity contribution >= 4 is 54.0 Å². The largest absolute Gasteiger partial charge is 0.480 e. The third kappa shape index (κ3) is 18.2. The summed E-state index contributed by atoms with van der Waals surface area (Å²) in [5.41, 5.74) is 12.1. The van der Waals surface area contributed by atoms with E-state index in [0.29, 0.717) is 31.4 Å². The summed E-state index contributed by atoms with van der Waals surface area (Å²) in [6.07, 6.45) is 0.194. The van der Waals surface area contributed by atoms with Gasteiger partial charge in [0.2, 0.25) is 35.4 Å². The van der Waals surface area contributed by atoms with Crippen molar-refractivity contribution in [2.24, 2.45) is 23.3 Å². The van der Waals surface area contributed by atoms with Crippen LogP contribution in [0.4, 0.5) is 0 Å². The molecular weight excluding hydrogens is 721 g/mol. The minimum atomic E-state index is -1.53. The van der Waals surface area contributed by atoms with Crippen molar-refractivity contribution in [1.29, 1.82) is 0 Å². The highest BCUT2D eigenvalue weighted by Gasteiger charge is 2.34. The molecule has 54 heavy (non-hydrogen) atoms. The maximum Gasteiger partial charge on any atom is 0.327 e. The van der Waals surface area contributed by atoms with E-state index in [-0.39, 0.29) is 36.9 Å². The van der Waals surface area contributed by atoms with Crippen LogP contribution in [-0.4, -0.2) is 113 Å². The van der Waals surface area contributed by atoms with Crippen LogP contribution >= 0.6 is 12.6 Å². The molecule has 0 aliphatic heterocycles. The Hall–Kier alpha value is -4.26. The van der Waals surface area contributed by atoms with Gasteiger partial charge in [-0.3, -0.25) is 28.8 Å². The summed E-state index contributed by atoms with van der Waals surface area (Å²) in [5.74, 6) is -5.92. The predicted molar refractivity (Wildman–Crippen MR) is 206 cm³/mol. The van der Waals surface area contributed by atoms with Crippen molar-refractivity contribution < 1.29 is 43.8 Å². The number of carboxylic acid groups (broad SMARTS) is 1. The Labute approximate surface area is 322 Å². The lowest BCUT2D eigenvalue weighted by Crippen LogP contribution is -2.61. The summed E-state index contributed by atoms with van der Waals surface area (Å²) in [5, 5.41) is 34.9. The quantitative estimate of drug-likeness (QED) is 0.0410. The van der Waals surface area contributed by atoms with E-state index in [0.717, 1.165) is 0 Å². The monoisotopic (exact) mass is 780 g/mol. The van der Waals surface area contributed by atoms with Crippen LogP contribution in [0.25, 0.3) is 0 Å². The Morgan fingerprint density at radius 2 is 1.24 bits per heavy atom. The van der Waals surface area contributed by atoms with Gasteiger partial charge in [0.25, 0.3) is 0 Å². The molecule has 1 rings (SSSR count). The van der Waals surface area contributed by atoms with Crippen molar-refractivity contribution in [3.05, 3.63) is 35.9 Å². The van der Waals surface area contributed by atoms with Gasteiger partial charge in [-0.05, 0) is 63.0 Å². The molecule has 6 amide bonds. The molecule has 0 spiro atoms. The standard InChI is InChI=1S/C36H60N8O9S/c1-20(2)15-24(38)31(47)39-18-29(46)44-30(22(5)45)35(51)42-27(17-23-11-7-6-8-12-23)34(50)41-26(16-21(3)4)33(49)40-25(13-9-10-14-37)32(48)43-28(19-54)36(52)53/h6-8,11-12,20-22,24-28,30,45,54H,9-10,13-19,37-38H2,1-5H3,(H,39,47)(H,40,49)(H,41,50)(H,42,51)(H,43,48)(H,44,46)(H,52,53)/t22-,24+,25+,26+,27+,28+,30+/m0/s1. The average molecular weight is 781 g/mol. The van der Waals surface area contributed by atoms with Gasteiger partial charge in [-0.25, -0.2) is 4.79 Å². The van der Waals surface area contributed by atoms with Gasteiger partial charge < -0.3 is 53.6 Å². The summed E-state index contributed by atoms with van der Waals surface area (Å²) in [7, 11) is 0. The lowest BCUT2D eigenvalue weighted by molar-refractivity contribution is -0.141. The van der Waals surface area contributed by atoms with Crippen LogP contribution < -0.4 is 43.4 Å². The number of carbonyl (C=O) groups is 7. The summed E-state index contributed by atoms with van der Waals surface area (Å²) in [4.78, 5) is 90.8. The fourth-order valence-corrected chi connectivity index (χ4v) is 5.58. The average Bonchev–Trinajstić information content (AvgIpc) is 3.10. The third-order valence-electron chi connectivity index (χ3n) is 8.20. The molecule has 17 nitrogen and oxygen atoms in total. The normalized spacial score (nSPS) is 15.1. The first-order chi connectivity index (χ1) is 25.4. The second-order valence-electron chi connectivity index (χ2n) is 14.1. The SMILES string of the molecule is CC(C)C[C@@H](N)C(=O)NCC(=O)N[C@@H](C(=O)N[C@H](Cc1ccccc1)C(=O)N[C@H](CC(C)C)C(=O)N[C@H](CCCCN)C(=O)N[C@H](CS)C(=O)O)[C@H](C)O. The van der Waals surface area contributed by atoms with Crippen molar-refractivity contribution in [2.75, 3.05) is 18.8 Å². The van der Waals surface area contributed by atoms with Gasteiger partial charge in [-0.2, -0.15) is 12.6 Å². The topological polar surface area (TPSA) is 284 Å². The molecule has 0 aromatic heterocycles. The Bertz CT molecular complexity index is 1380. The zero-order valence-corrected chi connectivity index (χ0v) is 32.7. The zero-order chi connectivity index (χ0) is 41.0. The van der Waals surface area contributed by atoms with Gasteiger partial charge in [-0.1, -0.05) is 58.0 Å². The number of hydrogen-bond donors (Lipinski definition) is 11. The molecule has 12 N–H and O–H groups in total. The van der Waals surface area contributed by atoms with E-state index in [4.69, 9.17) is 11.5 Å². The molecule has 0 bridgehead atoms. The summed E-state index contributed by atoms with van der Waals surface area (Å²) in [6, 6.07) is 1.39. The molecule has 1 aromatic carbocycles. The summed E-state index contributed by atoms with van der Waals surface area (Å²) < 4.78 is 0. The molecule has 0 heterocycles. The van der Waals surface area contributed by atoms with E-state index in [9.17, 15) is 43.8 Å². The fourth-order valence-electron chi connectivity index (χ4n) is 5.33. The number of aliphatic hydroxyl groups is 1. The number of carbonyl (C=O) groups excluding carboxylic acids is 6. The summed E-state index contributed by atoms with van der Waals surface area (Å²) >= 11 is 3.98. The Morgan fingerprint density at radius 1 is 0.704 bits per heavy atom. The predicted octanol–water partition coefficient (Wildman–Crippen LogP) is -1.29. The zero-order valence-electron chi connectivity index (χ0n) is 31.8. The van der Waals surface area contributed by atoms with Gasteiger partial charge in [0.05, 0.1) is 18.7 Å². The molecule has 0 fully saturated rings. The van der Waals surface area contributed by atoms with Crippen molar-refractivity contribution in [1.82, 2.24) is 31.9 Å². The minimum Gasteiger partial charge on any atom is -0.480 e. The molecule has 0 saturated heterocycles.